The molecule has 3 nitrogen and oxygen atoms in total. The summed E-state index contributed by atoms with van der Waals surface area (Å²) in [5, 5.41) is 14.1. The van der Waals surface area contributed by atoms with Gasteiger partial charge in [0.1, 0.15) is 0 Å². The first-order valence-corrected chi connectivity index (χ1v) is 5.20. The van der Waals surface area contributed by atoms with Gasteiger partial charge >= 0.3 is 29.6 Å². The molecular formula is C11H13ClNNaO2. The maximum absolute atomic E-state index is 10.6. The van der Waals surface area contributed by atoms with Crippen molar-refractivity contribution in [1.82, 2.24) is 5.32 Å². The van der Waals surface area contributed by atoms with Crippen LogP contribution in [0.15, 0.2) is 24.3 Å². The first-order valence-electron chi connectivity index (χ1n) is 4.82. The number of carbonyl (C=O) groups is 1. The minimum Gasteiger partial charge on any atom is -0.548 e. The fourth-order valence-corrected chi connectivity index (χ4v) is 1.47. The molecule has 0 bridgehead atoms. The standard InChI is InChI=1S/C11H14ClNO2.Na/c1-2-10(11(14)15)13-7-8-5-3-4-6-9(8)12;/h3-6,10,13H,2,7H2,1H3,(H,14,15);/q;+1/p-1. The number of rotatable bonds is 5. The summed E-state index contributed by atoms with van der Waals surface area (Å²) in [4.78, 5) is 10.6. The number of carboxylic acids is 1. The van der Waals surface area contributed by atoms with E-state index in [-0.39, 0.29) is 29.6 Å². The fraction of sp³-hybridized carbons (Fsp3) is 0.364. The number of benzene rings is 1. The number of nitrogens with one attached hydrogen (secondary N) is 1. The Labute approximate surface area is 122 Å². The second kappa shape index (κ2) is 8.09. The third-order valence-electron chi connectivity index (χ3n) is 2.19. The second-order valence-electron chi connectivity index (χ2n) is 3.25. The Kier molecular flexibility index (Phi) is 8.06. The molecule has 16 heavy (non-hydrogen) atoms. The minimum absolute atomic E-state index is 0. The molecule has 0 aliphatic carbocycles. The molecule has 1 aromatic carbocycles. The zero-order valence-electron chi connectivity index (χ0n) is 9.50. The van der Waals surface area contributed by atoms with E-state index >= 15 is 0 Å². The van der Waals surface area contributed by atoms with Crippen molar-refractivity contribution in [3.8, 4) is 0 Å². The van der Waals surface area contributed by atoms with Crippen LogP contribution < -0.4 is 40.0 Å². The van der Waals surface area contributed by atoms with Crippen molar-refractivity contribution in [2.75, 3.05) is 0 Å². The summed E-state index contributed by atoms with van der Waals surface area (Å²) in [6, 6.07) is 6.71. The van der Waals surface area contributed by atoms with Gasteiger partial charge in [0.2, 0.25) is 0 Å². The van der Waals surface area contributed by atoms with E-state index in [1.54, 1.807) is 13.0 Å². The molecule has 1 N–H and O–H groups in total. The van der Waals surface area contributed by atoms with Crippen LogP contribution in [0.25, 0.3) is 0 Å². The smallest absolute Gasteiger partial charge is 0.548 e. The molecule has 82 valence electrons. The van der Waals surface area contributed by atoms with Gasteiger partial charge in [-0.05, 0) is 18.1 Å². The zero-order chi connectivity index (χ0) is 11.3. The molecule has 1 aromatic rings. The Morgan fingerprint density at radius 1 is 1.50 bits per heavy atom. The van der Waals surface area contributed by atoms with E-state index in [0.29, 0.717) is 18.0 Å². The van der Waals surface area contributed by atoms with E-state index in [4.69, 9.17) is 11.6 Å². The van der Waals surface area contributed by atoms with Gasteiger partial charge in [0.05, 0.1) is 5.97 Å². The molecule has 0 saturated carbocycles. The van der Waals surface area contributed by atoms with Gasteiger partial charge in [-0.15, -0.1) is 0 Å². The van der Waals surface area contributed by atoms with Crippen LogP contribution in [0.3, 0.4) is 0 Å². The normalized spacial score (nSPS) is 11.6. The Morgan fingerprint density at radius 3 is 2.62 bits per heavy atom. The Hall–Kier alpha value is -0.0600. The van der Waals surface area contributed by atoms with Gasteiger partial charge in [0.25, 0.3) is 0 Å². The summed E-state index contributed by atoms with van der Waals surface area (Å²) in [6.07, 6.45) is 0.493. The first kappa shape index (κ1) is 15.9. The average Bonchev–Trinajstić information content (AvgIpc) is 2.21. The van der Waals surface area contributed by atoms with Gasteiger partial charge in [-0.2, -0.15) is 0 Å². The van der Waals surface area contributed by atoms with Gasteiger partial charge in [-0.3, -0.25) is 0 Å². The monoisotopic (exact) mass is 249 g/mol. The summed E-state index contributed by atoms with van der Waals surface area (Å²) in [5.41, 5.74) is 0.888. The van der Waals surface area contributed by atoms with Crippen molar-refractivity contribution >= 4 is 17.6 Å². The molecular weight excluding hydrogens is 237 g/mol. The molecule has 0 aliphatic rings. The molecule has 0 fully saturated rings. The first-order chi connectivity index (χ1) is 7.15. The van der Waals surface area contributed by atoms with Crippen molar-refractivity contribution in [2.45, 2.75) is 25.9 Å². The van der Waals surface area contributed by atoms with E-state index in [1.165, 1.54) is 0 Å². The van der Waals surface area contributed by atoms with Crippen LogP contribution in [-0.2, 0) is 11.3 Å². The molecule has 5 heteroatoms. The second-order valence-corrected chi connectivity index (χ2v) is 3.66. The van der Waals surface area contributed by atoms with E-state index in [1.807, 2.05) is 18.2 Å². The van der Waals surface area contributed by atoms with Crippen LogP contribution in [0.4, 0.5) is 0 Å². The number of aliphatic carboxylic acids is 1. The quantitative estimate of drug-likeness (QED) is 0.612. The largest absolute Gasteiger partial charge is 1.00 e. The van der Waals surface area contributed by atoms with Gasteiger partial charge in [-0.25, -0.2) is 0 Å². The predicted molar refractivity (Wildman–Crippen MR) is 57.4 cm³/mol. The SMILES string of the molecule is CCC(NCc1ccccc1Cl)C(=O)[O-].[Na+]. The van der Waals surface area contributed by atoms with Crippen LogP contribution in [0, 0.1) is 0 Å². The number of carbonyl (C=O) groups excluding carboxylic acids is 1. The molecule has 0 aromatic heterocycles. The van der Waals surface area contributed by atoms with Gasteiger partial charge in [0, 0.05) is 17.6 Å². The van der Waals surface area contributed by atoms with E-state index in [2.05, 4.69) is 5.32 Å². The summed E-state index contributed by atoms with van der Waals surface area (Å²) in [5.74, 6) is -1.08. The van der Waals surface area contributed by atoms with Gasteiger partial charge in [0.15, 0.2) is 0 Å². The van der Waals surface area contributed by atoms with Gasteiger partial charge < -0.3 is 15.2 Å². The van der Waals surface area contributed by atoms with Gasteiger partial charge in [-0.1, -0.05) is 36.7 Å². The molecule has 1 rings (SSSR count). The molecule has 1 atom stereocenters. The minimum atomic E-state index is -1.08. The fourth-order valence-electron chi connectivity index (χ4n) is 1.27. The maximum atomic E-state index is 10.6. The molecule has 0 amide bonds. The van der Waals surface area contributed by atoms with E-state index in [9.17, 15) is 9.90 Å². The predicted octanol–water partition coefficient (Wildman–Crippen LogP) is -2.04. The number of halogens is 1. The van der Waals surface area contributed by atoms with Crippen molar-refractivity contribution in [3.05, 3.63) is 34.9 Å². The Bertz CT molecular complexity index is 347. The molecule has 0 radical (unpaired) electrons. The topological polar surface area (TPSA) is 52.2 Å². The van der Waals surface area contributed by atoms with Crippen LogP contribution >= 0.6 is 11.6 Å². The van der Waals surface area contributed by atoms with Crippen molar-refractivity contribution in [3.63, 3.8) is 0 Å². The van der Waals surface area contributed by atoms with Crippen molar-refractivity contribution < 1.29 is 39.5 Å². The van der Waals surface area contributed by atoms with Crippen LogP contribution in [0.1, 0.15) is 18.9 Å². The van der Waals surface area contributed by atoms with Crippen LogP contribution in [0.2, 0.25) is 5.02 Å². The third kappa shape index (κ3) is 4.85. The summed E-state index contributed by atoms with van der Waals surface area (Å²) >= 11 is 5.93. The maximum Gasteiger partial charge on any atom is 1.00 e. The Morgan fingerprint density at radius 2 is 2.12 bits per heavy atom. The number of hydrogen-bond donors (Lipinski definition) is 1. The summed E-state index contributed by atoms with van der Waals surface area (Å²) in [7, 11) is 0. The van der Waals surface area contributed by atoms with Crippen LogP contribution in [-0.4, -0.2) is 12.0 Å². The number of carboxylic acid groups (broad SMARTS) is 1. The van der Waals surface area contributed by atoms with Crippen molar-refractivity contribution in [1.29, 1.82) is 0 Å². The molecule has 0 heterocycles. The molecule has 1 unspecified atom stereocenters. The average molecular weight is 250 g/mol. The van der Waals surface area contributed by atoms with Crippen LogP contribution in [0.5, 0.6) is 0 Å². The third-order valence-corrected chi connectivity index (χ3v) is 2.56. The zero-order valence-corrected chi connectivity index (χ0v) is 12.3. The summed E-state index contributed by atoms with van der Waals surface area (Å²) < 4.78 is 0. The number of hydrogen-bond acceptors (Lipinski definition) is 3. The molecule has 0 saturated heterocycles. The summed E-state index contributed by atoms with van der Waals surface area (Å²) in [6.45, 7) is 2.23. The van der Waals surface area contributed by atoms with E-state index in [0.717, 1.165) is 5.56 Å². The Balaban J connectivity index is 0.00000225. The molecule has 0 aliphatic heterocycles. The van der Waals surface area contributed by atoms with Crippen molar-refractivity contribution in [2.24, 2.45) is 0 Å². The molecule has 0 spiro atoms. The van der Waals surface area contributed by atoms with E-state index < -0.39 is 12.0 Å².